The molecule has 0 aliphatic carbocycles. The van der Waals surface area contributed by atoms with Crippen LogP contribution >= 0.6 is 0 Å². The fourth-order valence-corrected chi connectivity index (χ4v) is 2.01. The molecule has 0 radical (unpaired) electrons. The third kappa shape index (κ3) is 3.91. The van der Waals surface area contributed by atoms with Crippen LogP contribution in [0.5, 0.6) is 0 Å². The maximum atomic E-state index is 11.6. The summed E-state index contributed by atoms with van der Waals surface area (Å²) in [6.07, 6.45) is 0. The second-order valence-corrected chi connectivity index (χ2v) is 6.12. The Kier molecular flexibility index (Phi) is 5.58. The van der Waals surface area contributed by atoms with Crippen molar-refractivity contribution in [2.45, 2.75) is 12.2 Å². The number of hydrogen-bond acceptors (Lipinski definition) is 4. The van der Waals surface area contributed by atoms with Gasteiger partial charge in [0.05, 0.1) is 11.9 Å². The van der Waals surface area contributed by atoms with E-state index < -0.39 is 15.3 Å². The zero-order valence-corrected chi connectivity index (χ0v) is 10.1. The number of aliphatic hydroxyl groups excluding tert-OH is 1. The van der Waals surface area contributed by atoms with E-state index in [1.807, 2.05) is 19.0 Å². The van der Waals surface area contributed by atoms with Crippen LogP contribution in [0, 0.1) is 0 Å². The summed E-state index contributed by atoms with van der Waals surface area (Å²) < 4.78 is 24.5. The van der Waals surface area contributed by atoms with Gasteiger partial charge in [-0.2, -0.15) is 0 Å². The summed E-state index contributed by atoms with van der Waals surface area (Å²) in [5.74, 6) is 0. The fourth-order valence-electron chi connectivity index (χ4n) is 0.869. The van der Waals surface area contributed by atoms with E-state index in [2.05, 4.69) is 0 Å². The van der Waals surface area contributed by atoms with Crippen LogP contribution in [0.15, 0.2) is 0 Å². The van der Waals surface area contributed by atoms with Gasteiger partial charge in [0, 0.05) is 20.1 Å². The molecule has 0 aromatic carbocycles. The van der Waals surface area contributed by atoms with Crippen molar-refractivity contribution in [3.05, 3.63) is 0 Å². The van der Waals surface area contributed by atoms with Crippen LogP contribution in [0.2, 0.25) is 0 Å². The minimum absolute atomic E-state index is 0.339. The van der Waals surface area contributed by atoms with E-state index in [0.717, 1.165) is 0 Å². The first-order valence-corrected chi connectivity index (χ1v) is 6.03. The summed E-state index contributed by atoms with van der Waals surface area (Å²) in [7, 11) is 1.97. The first-order chi connectivity index (χ1) is 6.32. The number of hydrogen-bond donors (Lipinski definition) is 1. The van der Waals surface area contributed by atoms with E-state index in [1.165, 1.54) is 18.3 Å². The molecule has 0 aliphatic rings. The number of nitrogens with zero attached hydrogens (tertiary/aromatic N) is 2. The molecule has 0 spiro atoms. The van der Waals surface area contributed by atoms with E-state index in [0.29, 0.717) is 13.1 Å². The molecule has 0 heterocycles. The number of aliphatic hydroxyl groups is 1. The van der Waals surface area contributed by atoms with E-state index in [-0.39, 0.29) is 6.61 Å². The predicted molar refractivity (Wildman–Crippen MR) is 56.7 cm³/mol. The molecular formula is C8H20N2O3S. The SMILES string of the molecule is CC(CO)S(=O)(=O)N(C)CCN(C)C. The van der Waals surface area contributed by atoms with Crippen LogP contribution in [-0.4, -0.2) is 68.8 Å². The molecule has 0 aromatic rings. The second kappa shape index (κ2) is 5.65. The summed E-state index contributed by atoms with van der Waals surface area (Å²) in [4.78, 5) is 1.91. The number of likely N-dealkylation sites (N-methyl/N-ethyl adjacent to an activating group) is 2. The fraction of sp³-hybridized carbons (Fsp3) is 1.00. The summed E-state index contributed by atoms with van der Waals surface area (Å²) in [6, 6.07) is 0. The average Bonchev–Trinajstić information content (AvgIpc) is 2.12. The second-order valence-electron chi connectivity index (χ2n) is 3.66. The molecule has 0 fully saturated rings. The minimum Gasteiger partial charge on any atom is -0.395 e. The van der Waals surface area contributed by atoms with E-state index in [9.17, 15) is 8.42 Å². The quantitative estimate of drug-likeness (QED) is 0.641. The summed E-state index contributed by atoms with van der Waals surface area (Å²) in [5, 5.41) is 8.05. The molecule has 1 unspecified atom stereocenters. The Morgan fingerprint density at radius 2 is 1.71 bits per heavy atom. The van der Waals surface area contributed by atoms with Gasteiger partial charge in [-0.25, -0.2) is 12.7 Å². The highest BCUT2D eigenvalue weighted by molar-refractivity contribution is 7.89. The molecule has 0 amide bonds. The molecule has 1 N–H and O–H groups in total. The van der Waals surface area contributed by atoms with Crippen molar-refractivity contribution in [3.63, 3.8) is 0 Å². The Morgan fingerprint density at radius 3 is 2.07 bits per heavy atom. The first kappa shape index (κ1) is 13.8. The highest BCUT2D eigenvalue weighted by Gasteiger charge is 2.24. The van der Waals surface area contributed by atoms with Gasteiger partial charge in [-0.1, -0.05) is 0 Å². The molecule has 86 valence electrons. The molecule has 1 atom stereocenters. The minimum atomic E-state index is -3.33. The van der Waals surface area contributed by atoms with Crippen LogP contribution in [0.1, 0.15) is 6.92 Å². The summed E-state index contributed by atoms with van der Waals surface area (Å²) in [5.41, 5.74) is 0. The van der Waals surface area contributed by atoms with Gasteiger partial charge in [-0.15, -0.1) is 0 Å². The monoisotopic (exact) mass is 224 g/mol. The zero-order chi connectivity index (χ0) is 11.4. The van der Waals surface area contributed by atoms with E-state index in [4.69, 9.17) is 5.11 Å². The van der Waals surface area contributed by atoms with Gasteiger partial charge in [0.1, 0.15) is 0 Å². The lowest BCUT2D eigenvalue weighted by Gasteiger charge is -2.22. The molecule has 0 aliphatic heterocycles. The van der Waals surface area contributed by atoms with Gasteiger partial charge < -0.3 is 10.0 Å². The smallest absolute Gasteiger partial charge is 0.218 e. The predicted octanol–water partition coefficient (Wildman–Crippen LogP) is -0.810. The Bertz CT molecular complexity index is 251. The van der Waals surface area contributed by atoms with Crippen molar-refractivity contribution in [2.75, 3.05) is 40.8 Å². The van der Waals surface area contributed by atoms with Crippen LogP contribution in [0.3, 0.4) is 0 Å². The summed E-state index contributed by atoms with van der Waals surface area (Å²) in [6.45, 7) is 2.28. The van der Waals surface area contributed by atoms with Crippen molar-refractivity contribution in [1.29, 1.82) is 0 Å². The summed E-state index contributed by atoms with van der Waals surface area (Å²) >= 11 is 0. The number of rotatable bonds is 6. The Morgan fingerprint density at radius 1 is 1.21 bits per heavy atom. The van der Waals surface area contributed by atoms with Gasteiger partial charge in [0.25, 0.3) is 0 Å². The number of sulfonamides is 1. The zero-order valence-electron chi connectivity index (χ0n) is 9.27. The molecule has 0 saturated heterocycles. The van der Waals surface area contributed by atoms with Crippen molar-refractivity contribution >= 4 is 10.0 Å². The Labute approximate surface area is 86.4 Å². The Hall–Kier alpha value is -0.170. The highest BCUT2D eigenvalue weighted by Crippen LogP contribution is 2.05. The van der Waals surface area contributed by atoms with Crippen molar-refractivity contribution in [2.24, 2.45) is 0 Å². The Balaban J connectivity index is 4.29. The van der Waals surface area contributed by atoms with Crippen LogP contribution in [0.4, 0.5) is 0 Å². The molecule has 6 heteroatoms. The maximum absolute atomic E-state index is 11.6. The van der Waals surface area contributed by atoms with Gasteiger partial charge in [-0.05, 0) is 21.0 Å². The van der Waals surface area contributed by atoms with Gasteiger partial charge >= 0.3 is 0 Å². The van der Waals surface area contributed by atoms with Crippen molar-refractivity contribution < 1.29 is 13.5 Å². The van der Waals surface area contributed by atoms with Gasteiger partial charge in [-0.3, -0.25) is 0 Å². The molecule has 0 bridgehead atoms. The first-order valence-electron chi connectivity index (χ1n) is 4.53. The third-order valence-electron chi connectivity index (χ3n) is 2.06. The normalized spacial score (nSPS) is 15.1. The molecule has 0 rings (SSSR count). The van der Waals surface area contributed by atoms with Gasteiger partial charge in [0.15, 0.2) is 0 Å². The standard InChI is InChI=1S/C8H20N2O3S/c1-8(7-11)14(12,13)10(4)6-5-9(2)3/h8,11H,5-7H2,1-4H3. The van der Waals surface area contributed by atoms with Crippen molar-refractivity contribution in [3.8, 4) is 0 Å². The highest BCUT2D eigenvalue weighted by atomic mass is 32.2. The third-order valence-corrected chi connectivity index (χ3v) is 4.28. The van der Waals surface area contributed by atoms with Gasteiger partial charge in [0.2, 0.25) is 10.0 Å². The lowest BCUT2D eigenvalue weighted by atomic mass is 10.5. The van der Waals surface area contributed by atoms with Crippen LogP contribution in [0.25, 0.3) is 0 Å². The maximum Gasteiger partial charge on any atom is 0.218 e. The molecule has 14 heavy (non-hydrogen) atoms. The van der Waals surface area contributed by atoms with E-state index >= 15 is 0 Å². The molecule has 5 nitrogen and oxygen atoms in total. The average molecular weight is 224 g/mol. The lowest BCUT2D eigenvalue weighted by molar-refractivity contribution is 0.288. The molecule has 0 saturated carbocycles. The molecular weight excluding hydrogens is 204 g/mol. The van der Waals surface area contributed by atoms with Crippen LogP contribution in [-0.2, 0) is 10.0 Å². The molecule has 0 aromatic heterocycles. The lowest BCUT2D eigenvalue weighted by Crippen LogP contribution is -2.39. The van der Waals surface area contributed by atoms with E-state index in [1.54, 1.807) is 0 Å². The van der Waals surface area contributed by atoms with Crippen LogP contribution < -0.4 is 0 Å². The topological polar surface area (TPSA) is 60.9 Å². The largest absolute Gasteiger partial charge is 0.395 e. The van der Waals surface area contributed by atoms with Crippen molar-refractivity contribution in [1.82, 2.24) is 9.21 Å².